The summed E-state index contributed by atoms with van der Waals surface area (Å²) in [5, 5.41) is 1.62. The molecule has 0 radical (unpaired) electrons. The molecule has 0 aliphatic carbocycles. The van der Waals surface area contributed by atoms with Crippen molar-refractivity contribution in [2.24, 2.45) is 0 Å². The fraction of sp³-hybridized carbons (Fsp3) is 0.312. The molecule has 20 heavy (non-hydrogen) atoms. The number of pyridine rings is 1. The maximum absolute atomic E-state index is 6.28. The van der Waals surface area contributed by atoms with Crippen LogP contribution in [0, 0.1) is 6.92 Å². The molecule has 1 aromatic carbocycles. The smallest absolute Gasteiger partial charge is 0.131 e. The van der Waals surface area contributed by atoms with E-state index < -0.39 is 0 Å². The number of benzene rings is 1. The highest BCUT2D eigenvalue weighted by Crippen LogP contribution is 2.30. The monoisotopic (exact) mass is 352 g/mol. The lowest BCUT2D eigenvalue weighted by molar-refractivity contribution is 0.726. The second kappa shape index (κ2) is 6.59. The van der Waals surface area contributed by atoms with Gasteiger partial charge in [0.1, 0.15) is 5.82 Å². The van der Waals surface area contributed by atoms with Gasteiger partial charge in [-0.15, -0.1) is 0 Å². The third-order valence-electron chi connectivity index (χ3n) is 3.53. The van der Waals surface area contributed by atoms with Gasteiger partial charge in [0.05, 0.1) is 6.04 Å². The molecule has 106 valence electrons. The lowest BCUT2D eigenvalue weighted by atomic mass is 10.1. The zero-order valence-corrected chi connectivity index (χ0v) is 14.2. The average molecular weight is 354 g/mol. The van der Waals surface area contributed by atoms with Crippen LogP contribution in [0.25, 0.3) is 0 Å². The number of hydrogen-bond acceptors (Lipinski definition) is 2. The van der Waals surface area contributed by atoms with Crippen LogP contribution >= 0.6 is 27.5 Å². The molecular weight excluding hydrogens is 336 g/mol. The number of aryl methyl sites for hydroxylation is 1. The van der Waals surface area contributed by atoms with Crippen molar-refractivity contribution >= 4 is 33.3 Å². The molecule has 1 unspecified atom stereocenters. The summed E-state index contributed by atoms with van der Waals surface area (Å²) in [7, 11) is 2.05. The molecule has 2 aromatic rings. The van der Waals surface area contributed by atoms with Gasteiger partial charge in [0.2, 0.25) is 0 Å². The normalized spacial score (nSPS) is 12.2. The number of hydrogen-bond donors (Lipinski definition) is 0. The molecule has 0 amide bonds. The quantitative estimate of drug-likeness (QED) is 0.708. The van der Waals surface area contributed by atoms with E-state index in [-0.39, 0.29) is 6.04 Å². The van der Waals surface area contributed by atoms with Crippen LogP contribution in [0.4, 0.5) is 5.82 Å². The first-order valence-electron chi connectivity index (χ1n) is 6.53. The van der Waals surface area contributed by atoms with Crippen molar-refractivity contribution in [2.45, 2.75) is 25.2 Å². The highest BCUT2D eigenvalue weighted by Gasteiger charge is 2.17. The van der Waals surface area contributed by atoms with Crippen LogP contribution in [0.3, 0.4) is 0 Å². The fourth-order valence-electron chi connectivity index (χ4n) is 2.27. The zero-order valence-electron chi connectivity index (χ0n) is 11.9. The molecule has 2 rings (SSSR count). The number of anilines is 1. The van der Waals surface area contributed by atoms with Crippen molar-refractivity contribution in [3.63, 3.8) is 0 Å². The van der Waals surface area contributed by atoms with Crippen molar-refractivity contribution in [3.8, 4) is 0 Å². The van der Waals surface area contributed by atoms with Crippen molar-refractivity contribution in [1.82, 2.24) is 4.98 Å². The molecule has 1 heterocycles. The minimum Gasteiger partial charge on any atom is -0.353 e. The SMILES string of the molecule is Cc1cc(CBr)cnc1N(C)C(C)c1ccccc1Cl. The summed E-state index contributed by atoms with van der Waals surface area (Å²) in [5.41, 5.74) is 3.47. The van der Waals surface area contributed by atoms with Gasteiger partial charge in [0.25, 0.3) is 0 Å². The molecule has 1 aromatic heterocycles. The Bertz CT molecular complexity index is 601. The van der Waals surface area contributed by atoms with Crippen molar-refractivity contribution in [1.29, 1.82) is 0 Å². The Hall–Kier alpha value is -1.06. The lowest BCUT2D eigenvalue weighted by Gasteiger charge is -2.28. The molecule has 0 saturated heterocycles. The van der Waals surface area contributed by atoms with Crippen LogP contribution < -0.4 is 4.90 Å². The molecule has 0 saturated carbocycles. The average Bonchev–Trinajstić information content (AvgIpc) is 2.46. The van der Waals surface area contributed by atoms with Crippen LogP contribution in [-0.4, -0.2) is 12.0 Å². The maximum atomic E-state index is 6.28. The number of halogens is 2. The van der Waals surface area contributed by atoms with E-state index in [0.717, 1.165) is 21.7 Å². The van der Waals surface area contributed by atoms with Crippen molar-refractivity contribution < 1.29 is 0 Å². The highest BCUT2D eigenvalue weighted by atomic mass is 79.9. The fourth-order valence-corrected chi connectivity index (χ4v) is 2.87. The summed E-state index contributed by atoms with van der Waals surface area (Å²) in [6, 6.07) is 10.3. The highest BCUT2D eigenvalue weighted by molar-refractivity contribution is 9.08. The first-order chi connectivity index (χ1) is 9.54. The summed E-state index contributed by atoms with van der Waals surface area (Å²) in [6.07, 6.45) is 1.91. The third kappa shape index (κ3) is 3.15. The van der Waals surface area contributed by atoms with Gasteiger partial charge in [-0.25, -0.2) is 4.98 Å². The Morgan fingerprint density at radius 3 is 2.65 bits per heavy atom. The van der Waals surface area contributed by atoms with Gasteiger partial charge in [0, 0.05) is 23.6 Å². The number of alkyl halides is 1. The van der Waals surface area contributed by atoms with Crippen LogP contribution in [0.15, 0.2) is 36.5 Å². The number of rotatable bonds is 4. The maximum Gasteiger partial charge on any atom is 0.131 e. The Morgan fingerprint density at radius 2 is 2.05 bits per heavy atom. The Morgan fingerprint density at radius 1 is 1.35 bits per heavy atom. The predicted molar refractivity (Wildman–Crippen MR) is 89.9 cm³/mol. The molecule has 2 nitrogen and oxygen atoms in total. The Balaban J connectivity index is 2.31. The van der Waals surface area contributed by atoms with Gasteiger partial charge in [0.15, 0.2) is 0 Å². The van der Waals surface area contributed by atoms with Gasteiger partial charge in [-0.2, -0.15) is 0 Å². The summed E-state index contributed by atoms with van der Waals surface area (Å²) in [5.74, 6) is 0.988. The van der Waals surface area contributed by atoms with E-state index in [1.54, 1.807) is 0 Å². The molecule has 1 atom stereocenters. The second-order valence-corrected chi connectivity index (χ2v) is 5.89. The Kier molecular flexibility index (Phi) is 5.06. The first-order valence-corrected chi connectivity index (χ1v) is 8.03. The Labute approximate surface area is 133 Å². The lowest BCUT2D eigenvalue weighted by Crippen LogP contribution is -2.23. The number of aromatic nitrogens is 1. The van der Waals surface area contributed by atoms with Crippen LogP contribution in [-0.2, 0) is 5.33 Å². The third-order valence-corrected chi connectivity index (χ3v) is 4.52. The molecular formula is C16H18BrClN2. The van der Waals surface area contributed by atoms with Crippen LogP contribution in [0.5, 0.6) is 0 Å². The molecule has 0 aliphatic heterocycles. The van der Waals surface area contributed by atoms with Crippen LogP contribution in [0.2, 0.25) is 5.02 Å². The predicted octanol–water partition coefficient (Wildman–Crippen LogP) is 5.14. The molecule has 0 fully saturated rings. The van der Waals surface area contributed by atoms with Gasteiger partial charge in [-0.1, -0.05) is 51.8 Å². The van der Waals surface area contributed by atoms with Gasteiger partial charge < -0.3 is 4.90 Å². The summed E-state index contributed by atoms with van der Waals surface area (Å²) in [6.45, 7) is 4.23. The van der Waals surface area contributed by atoms with Crippen molar-refractivity contribution in [3.05, 3.63) is 58.2 Å². The summed E-state index contributed by atoms with van der Waals surface area (Å²) in [4.78, 5) is 6.74. The molecule has 0 spiro atoms. The zero-order chi connectivity index (χ0) is 14.7. The van der Waals surface area contributed by atoms with Crippen molar-refractivity contribution in [2.75, 3.05) is 11.9 Å². The standard InChI is InChI=1S/C16H18BrClN2/c1-11-8-13(9-17)10-19-16(11)20(3)12(2)14-6-4-5-7-15(14)18/h4-8,10,12H,9H2,1-3H3. The second-order valence-electron chi connectivity index (χ2n) is 4.93. The number of nitrogens with zero attached hydrogens (tertiary/aromatic N) is 2. The molecule has 4 heteroatoms. The van der Waals surface area contributed by atoms with Gasteiger partial charge in [-0.3, -0.25) is 0 Å². The van der Waals surface area contributed by atoms with E-state index in [1.165, 1.54) is 11.1 Å². The van der Waals surface area contributed by atoms with E-state index >= 15 is 0 Å². The largest absolute Gasteiger partial charge is 0.353 e. The van der Waals surface area contributed by atoms with Crippen LogP contribution in [0.1, 0.15) is 29.7 Å². The van der Waals surface area contributed by atoms with E-state index in [9.17, 15) is 0 Å². The molecule has 0 bridgehead atoms. The van der Waals surface area contributed by atoms with Gasteiger partial charge in [-0.05, 0) is 36.6 Å². The van der Waals surface area contributed by atoms with E-state index in [1.807, 2.05) is 24.4 Å². The summed E-state index contributed by atoms with van der Waals surface area (Å²) >= 11 is 9.74. The van der Waals surface area contributed by atoms with E-state index in [2.05, 4.69) is 58.8 Å². The topological polar surface area (TPSA) is 16.1 Å². The minimum atomic E-state index is 0.171. The molecule has 0 N–H and O–H groups in total. The molecule has 0 aliphatic rings. The first kappa shape index (κ1) is 15.3. The van der Waals surface area contributed by atoms with Gasteiger partial charge >= 0.3 is 0 Å². The van der Waals surface area contributed by atoms with E-state index in [0.29, 0.717) is 0 Å². The summed E-state index contributed by atoms with van der Waals surface area (Å²) < 4.78 is 0. The minimum absolute atomic E-state index is 0.171. The van der Waals surface area contributed by atoms with E-state index in [4.69, 9.17) is 11.6 Å².